The fraction of sp³-hybridized carbons (Fsp3) is 0.167. The molecule has 0 radical (unpaired) electrons. The molecule has 3 heteroatoms. The summed E-state index contributed by atoms with van der Waals surface area (Å²) in [5.41, 5.74) is 2.75. The van der Waals surface area contributed by atoms with Gasteiger partial charge < -0.3 is 4.74 Å². The molecule has 0 fully saturated rings. The SMILES string of the molecule is C=C(C)C(=O)Oc1ccc(-c2ccc(CC)cc2)c(F)c1. The van der Waals surface area contributed by atoms with Crippen LogP contribution in [0.4, 0.5) is 4.39 Å². The number of halogens is 1. The van der Waals surface area contributed by atoms with Crippen LogP contribution in [0.1, 0.15) is 19.4 Å². The molecule has 0 aliphatic rings. The van der Waals surface area contributed by atoms with Gasteiger partial charge in [-0.15, -0.1) is 0 Å². The number of esters is 1. The first-order chi connectivity index (χ1) is 10.0. The number of ether oxygens (including phenoxy) is 1. The van der Waals surface area contributed by atoms with Crippen LogP contribution in [-0.2, 0) is 11.2 Å². The third-order valence-corrected chi connectivity index (χ3v) is 3.17. The standard InChI is InChI=1S/C18H17FO2/c1-4-13-5-7-14(8-6-13)16-10-9-15(11-17(16)19)21-18(20)12(2)3/h5-11H,2,4H2,1,3H3. The van der Waals surface area contributed by atoms with E-state index >= 15 is 0 Å². The molecule has 0 heterocycles. The fourth-order valence-corrected chi connectivity index (χ4v) is 1.91. The van der Waals surface area contributed by atoms with E-state index in [0.29, 0.717) is 5.56 Å². The van der Waals surface area contributed by atoms with Gasteiger partial charge in [-0.05, 0) is 36.6 Å². The number of hydrogen-bond acceptors (Lipinski definition) is 2. The fourth-order valence-electron chi connectivity index (χ4n) is 1.91. The zero-order chi connectivity index (χ0) is 15.4. The molecule has 21 heavy (non-hydrogen) atoms. The summed E-state index contributed by atoms with van der Waals surface area (Å²) < 4.78 is 19.2. The van der Waals surface area contributed by atoms with Crippen LogP contribution in [0.2, 0.25) is 0 Å². The molecule has 0 aliphatic carbocycles. The molecule has 2 rings (SSSR count). The second-order valence-corrected chi connectivity index (χ2v) is 4.86. The Morgan fingerprint density at radius 1 is 1.19 bits per heavy atom. The second kappa shape index (κ2) is 6.35. The Kier molecular flexibility index (Phi) is 4.53. The smallest absolute Gasteiger partial charge is 0.338 e. The van der Waals surface area contributed by atoms with E-state index in [0.717, 1.165) is 12.0 Å². The molecule has 2 aromatic rings. The highest BCUT2D eigenvalue weighted by atomic mass is 19.1. The molecular formula is C18H17FO2. The minimum absolute atomic E-state index is 0.175. The van der Waals surface area contributed by atoms with Gasteiger partial charge in [0.15, 0.2) is 0 Å². The van der Waals surface area contributed by atoms with Crippen LogP contribution in [0.3, 0.4) is 0 Å². The van der Waals surface area contributed by atoms with Crippen molar-refractivity contribution in [2.75, 3.05) is 0 Å². The molecule has 0 saturated carbocycles. The first-order valence-corrected chi connectivity index (χ1v) is 6.77. The van der Waals surface area contributed by atoms with Gasteiger partial charge >= 0.3 is 5.97 Å². The number of hydrogen-bond donors (Lipinski definition) is 0. The van der Waals surface area contributed by atoms with Crippen molar-refractivity contribution in [3.63, 3.8) is 0 Å². The zero-order valence-corrected chi connectivity index (χ0v) is 12.2. The predicted molar refractivity (Wildman–Crippen MR) is 81.7 cm³/mol. The molecule has 0 N–H and O–H groups in total. The van der Waals surface area contributed by atoms with E-state index in [2.05, 4.69) is 13.5 Å². The Labute approximate surface area is 123 Å². The molecular weight excluding hydrogens is 267 g/mol. The number of aryl methyl sites for hydroxylation is 1. The Morgan fingerprint density at radius 3 is 2.38 bits per heavy atom. The van der Waals surface area contributed by atoms with Gasteiger partial charge in [0, 0.05) is 17.2 Å². The largest absolute Gasteiger partial charge is 0.423 e. The van der Waals surface area contributed by atoms with Crippen molar-refractivity contribution in [1.82, 2.24) is 0 Å². The third-order valence-electron chi connectivity index (χ3n) is 3.17. The summed E-state index contributed by atoms with van der Waals surface area (Å²) in [6.07, 6.45) is 0.943. The van der Waals surface area contributed by atoms with E-state index < -0.39 is 11.8 Å². The summed E-state index contributed by atoms with van der Waals surface area (Å²) in [6.45, 7) is 7.10. The highest BCUT2D eigenvalue weighted by Gasteiger charge is 2.10. The molecule has 2 aromatic carbocycles. The average Bonchev–Trinajstić information content (AvgIpc) is 2.47. The summed E-state index contributed by atoms with van der Waals surface area (Å²) in [6, 6.07) is 12.1. The van der Waals surface area contributed by atoms with Gasteiger partial charge in [-0.25, -0.2) is 9.18 Å². The van der Waals surface area contributed by atoms with Crippen molar-refractivity contribution in [2.24, 2.45) is 0 Å². The molecule has 0 atom stereocenters. The molecule has 0 amide bonds. The van der Waals surface area contributed by atoms with E-state index in [1.165, 1.54) is 11.6 Å². The first-order valence-electron chi connectivity index (χ1n) is 6.77. The van der Waals surface area contributed by atoms with Crippen LogP contribution in [0, 0.1) is 5.82 Å². The summed E-state index contributed by atoms with van der Waals surface area (Å²) in [4.78, 5) is 11.4. The van der Waals surface area contributed by atoms with Crippen molar-refractivity contribution in [3.05, 3.63) is 66.0 Å². The van der Waals surface area contributed by atoms with Gasteiger partial charge in [0.2, 0.25) is 0 Å². The monoisotopic (exact) mass is 284 g/mol. The molecule has 108 valence electrons. The summed E-state index contributed by atoms with van der Waals surface area (Å²) >= 11 is 0. The summed E-state index contributed by atoms with van der Waals surface area (Å²) in [5, 5.41) is 0. The van der Waals surface area contributed by atoms with Crippen molar-refractivity contribution >= 4 is 5.97 Å². The van der Waals surface area contributed by atoms with Crippen LogP contribution >= 0.6 is 0 Å². The number of benzene rings is 2. The predicted octanol–water partition coefficient (Wildman–Crippen LogP) is 4.54. The topological polar surface area (TPSA) is 26.3 Å². The van der Waals surface area contributed by atoms with E-state index in [-0.39, 0.29) is 11.3 Å². The lowest BCUT2D eigenvalue weighted by molar-refractivity contribution is -0.130. The van der Waals surface area contributed by atoms with Crippen LogP contribution in [0.5, 0.6) is 5.75 Å². The Hall–Kier alpha value is -2.42. The lowest BCUT2D eigenvalue weighted by atomic mass is 10.0. The second-order valence-electron chi connectivity index (χ2n) is 4.86. The van der Waals surface area contributed by atoms with Gasteiger partial charge in [-0.1, -0.05) is 37.8 Å². The Balaban J connectivity index is 2.26. The molecule has 0 aliphatic heterocycles. The third kappa shape index (κ3) is 3.57. The van der Waals surface area contributed by atoms with Gasteiger partial charge in [0.1, 0.15) is 11.6 Å². The van der Waals surface area contributed by atoms with Crippen molar-refractivity contribution in [1.29, 1.82) is 0 Å². The lowest BCUT2D eigenvalue weighted by Crippen LogP contribution is -2.08. The Morgan fingerprint density at radius 2 is 1.86 bits per heavy atom. The maximum Gasteiger partial charge on any atom is 0.338 e. The van der Waals surface area contributed by atoms with Crippen molar-refractivity contribution in [2.45, 2.75) is 20.3 Å². The lowest BCUT2D eigenvalue weighted by Gasteiger charge is -2.08. The molecule has 0 bridgehead atoms. The number of carbonyl (C=O) groups is 1. The molecule has 0 spiro atoms. The van der Waals surface area contributed by atoms with E-state index in [1.54, 1.807) is 19.1 Å². The van der Waals surface area contributed by atoms with Crippen LogP contribution in [0.25, 0.3) is 11.1 Å². The maximum absolute atomic E-state index is 14.2. The molecule has 0 aromatic heterocycles. The number of rotatable bonds is 4. The van der Waals surface area contributed by atoms with Gasteiger partial charge in [-0.2, -0.15) is 0 Å². The van der Waals surface area contributed by atoms with Crippen molar-refractivity contribution in [3.8, 4) is 16.9 Å². The number of carbonyl (C=O) groups excluding carboxylic acids is 1. The first kappa shape index (κ1) is 15.0. The van der Waals surface area contributed by atoms with Crippen LogP contribution in [-0.4, -0.2) is 5.97 Å². The highest BCUT2D eigenvalue weighted by Crippen LogP contribution is 2.27. The van der Waals surface area contributed by atoms with E-state index in [1.807, 2.05) is 24.3 Å². The van der Waals surface area contributed by atoms with Crippen LogP contribution in [0.15, 0.2) is 54.6 Å². The molecule has 2 nitrogen and oxygen atoms in total. The molecule has 0 unspecified atom stereocenters. The van der Waals surface area contributed by atoms with Crippen LogP contribution < -0.4 is 4.74 Å². The van der Waals surface area contributed by atoms with E-state index in [4.69, 9.17) is 4.74 Å². The quantitative estimate of drug-likeness (QED) is 0.468. The zero-order valence-electron chi connectivity index (χ0n) is 12.2. The van der Waals surface area contributed by atoms with Gasteiger partial charge in [-0.3, -0.25) is 0 Å². The van der Waals surface area contributed by atoms with Gasteiger partial charge in [0.05, 0.1) is 0 Å². The average molecular weight is 284 g/mol. The summed E-state index contributed by atoms with van der Waals surface area (Å²) in [5.74, 6) is -0.810. The van der Waals surface area contributed by atoms with Gasteiger partial charge in [0.25, 0.3) is 0 Å². The Bertz CT molecular complexity index is 672. The van der Waals surface area contributed by atoms with E-state index in [9.17, 15) is 9.18 Å². The minimum Gasteiger partial charge on any atom is -0.423 e. The minimum atomic E-state index is -0.561. The maximum atomic E-state index is 14.2. The summed E-state index contributed by atoms with van der Waals surface area (Å²) in [7, 11) is 0. The molecule has 0 saturated heterocycles. The normalized spacial score (nSPS) is 10.2. The van der Waals surface area contributed by atoms with Crippen molar-refractivity contribution < 1.29 is 13.9 Å². The highest BCUT2D eigenvalue weighted by molar-refractivity contribution is 5.88.